The van der Waals surface area contributed by atoms with Gasteiger partial charge in [0.2, 0.25) is 0 Å². The summed E-state index contributed by atoms with van der Waals surface area (Å²) in [6.07, 6.45) is 34.6. The molecule has 0 aliphatic heterocycles. The molecular weight excluding hydrogens is 859 g/mol. The first-order chi connectivity index (χ1) is 31.7. The molecule has 362 valence electrons. The number of benzene rings is 2. The zero-order valence-electron chi connectivity index (χ0n) is 38.6. The molecule has 12 heteroatoms. The van der Waals surface area contributed by atoms with Gasteiger partial charge in [-0.2, -0.15) is 26.3 Å². The summed E-state index contributed by atoms with van der Waals surface area (Å²) in [6.45, 7) is 0. The maximum absolute atomic E-state index is 14.1. The van der Waals surface area contributed by atoms with Crippen LogP contribution < -0.4 is 0 Å². The Hall–Kier alpha value is -5.04. The average Bonchev–Trinajstić information content (AvgIpc) is 3.29. The molecule has 0 heterocycles. The van der Waals surface area contributed by atoms with Gasteiger partial charge in [-0.05, 0) is 89.2 Å². The molecule has 6 nitrogen and oxygen atoms in total. The Morgan fingerprint density at radius 3 is 0.985 bits per heavy atom. The lowest BCUT2D eigenvalue weighted by Gasteiger charge is -2.32. The van der Waals surface area contributed by atoms with Gasteiger partial charge in [-0.15, -0.1) is 12.8 Å². The third-order valence-corrected chi connectivity index (χ3v) is 11.1. The fraction of sp³-hybridized carbons (Fsp3) is 0.519. The molecule has 2 rings (SSSR count). The van der Waals surface area contributed by atoms with Crippen molar-refractivity contribution in [3.8, 4) is 24.7 Å². The summed E-state index contributed by atoms with van der Waals surface area (Å²) < 4.78 is 104. The van der Waals surface area contributed by atoms with Gasteiger partial charge in [-0.3, -0.25) is 0 Å². The number of esters is 2. The van der Waals surface area contributed by atoms with Crippen molar-refractivity contribution in [1.82, 2.24) is 0 Å². The molecule has 2 aromatic rings. The van der Waals surface area contributed by atoms with Gasteiger partial charge in [0.05, 0.1) is 0 Å². The van der Waals surface area contributed by atoms with E-state index >= 15 is 0 Å². The average molecular weight is 927 g/mol. The van der Waals surface area contributed by atoms with Gasteiger partial charge in [0.15, 0.2) is 12.2 Å². The Morgan fingerprint density at radius 1 is 0.470 bits per heavy atom. The van der Waals surface area contributed by atoms with Crippen LogP contribution in [0.4, 0.5) is 26.3 Å². The van der Waals surface area contributed by atoms with Crippen LogP contribution in [0.3, 0.4) is 0 Å². The van der Waals surface area contributed by atoms with E-state index in [9.17, 15) is 35.9 Å². The van der Waals surface area contributed by atoms with E-state index < -0.39 is 47.7 Å². The van der Waals surface area contributed by atoms with E-state index in [0.29, 0.717) is 12.8 Å². The molecule has 66 heavy (non-hydrogen) atoms. The maximum atomic E-state index is 14.1. The van der Waals surface area contributed by atoms with Crippen LogP contribution in [0.1, 0.15) is 140 Å². The van der Waals surface area contributed by atoms with Gasteiger partial charge in [-0.1, -0.05) is 160 Å². The van der Waals surface area contributed by atoms with Crippen LogP contribution in [0, 0.1) is 24.7 Å². The molecule has 0 fully saturated rings. The lowest BCUT2D eigenvalue weighted by atomic mass is 9.92. The predicted molar refractivity (Wildman–Crippen MR) is 249 cm³/mol. The summed E-state index contributed by atoms with van der Waals surface area (Å²) in [5.41, 5.74) is -7.34. The van der Waals surface area contributed by atoms with Crippen molar-refractivity contribution in [2.45, 2.75) is 164 Å². The number of carbonyl (C=O) groups excluding carboxylic acids is 2. The molecule has 0 bridgehead atoms. The molecule has 0 saturated heterocycles. The van der Waals surface area contributed by atoms with Gasteiger partial charge >= 0.3 is 24.3 Å². The molecule has 0 radical (unpaired) electrons. The fourth-order valence-electron chi connectivity index (χ4n) is 7.33. The van der Waals surface area contributed by atoms with E-state index in [1.54, 1.807) is 12.2 Å². The highest BCUT2D eigenvalue weighted by Gasteiger charge is 2.65. The molecule has 0 unspecified atom stereocenters. The highest BCUT2D eigenvalue weighted by Crippen LogP contribution is 2.44. The van der Waals surface area contributed by atoms with Crippen molar-refractivity contribution in [2.24, 2.45) is 0 Å². The highest BCUT2D eigenvalue weighted by molar-refractivity contribution is 5.84. The molecule has 0 N–H and O–H groups in total. The normalized spacial score (nSPS) is 15.1. The van der Waals surface area contributed by atoms with E-state index in [1.807, 2.05) is 0 Å². The van der Waals surface area contributed by atoms with E-state index in [4.69, 9.17) is 31.8 Å². The van der Waals surface area contributed by atoms with Crippen molar-refractivity contribution < 1.29 is 54.9 Å². The minimum atomic E-state index is -5.07. The third kappa shape index (κ3) is 19.1. The molecule has 4 atom stereocenters. The van der Waals surface area contributed by atoms with Crippen LogP contribution in [0.2, 0.25) is 0 Å². The van der Waals surface area contributed by atoms with E-state index in [-0.39, 0.29) is 11.1 Å². The topological polar surface area (TPSA) is 71.1 Å². The first kappa shape index (κ1) is 57.1. The number of hydrogen-bond acceptors (Lipinski definition) is 6. The Balaban J connectivity index is 1.44. The van der Waals surface area contributed by atoms with Gasteiger partial charge < -0.3 is 18.9 Å². The van der Waals surface area contributed by atoms with Crippen LogP contribution in [-0.2, 0) is 39.7 Å². The smallest absolute Gasteiger partial charge is 0.432 e. The zero-order valence-corrected chi connectivity index (χ0v) is 38.6. The molecule has 0 saturated carbocycles. The number of terminal acetylenes is 2. The number of rotatable bonds is 33. The zero-order chi connectivity index (χ0) is 48.6. The van der Waals surface area contributed by atoms with E-state index in [2.05, 4.69) is 36.1 Å². The van der Waals surface area contributed by atoms with E-state index in [1.165, 1.54) is 74.2 Å². The van der Waals surface area contributed by atoms with Crippen molar-refractivity contribution in [1.29, 1.82) is 0 Å². The quantitative estimate of drug-likeness (QED) is 0.0233. The Labute approximate surface area is 389 Å². The number of unbranched alkanes of at least 4 members (excludes halogenated alkanes) is 17. The second-order valence-electron chi connectivity index (χ2n) is 16.0. The molecule has 0 aliphatic carbocycles. The van der Waals surface area contributed by atoms with Gasteiger partial charge in [-0.25, -0.2) is 9.59 Å². The summed E-state index contributed by atoms with van der Waals surface area (Å²) in [4.78, 5) is 25.6. The first-order valence-electron chi connectivity index (χ1n) is 23.1. The number of alkyl halides is 6. The lowest BCUT2D eigenvalue weighted by Crippen LogP contribution is -2.52. The minimum absolute atomic E-state index is 0.389. The predicted octanol–water partition coefficient (Wildman–Crippen LogP) is 14.3. The summed E-state index contributed by atoms with van der Waals surface area (Å²) in [6, 6.07) is 13.3. The van der Waals surface area contributed by atoms with Gasteiger partial charge in [0.25, 0.3) is 11.2 Å². The van der Waals surface area contributed by atoms with Crippen molar-refractivity contribution in [2.75, 3.05) is 14.2 Å². The number of allylic oxidation sites excluding steroid dienone is 6. The molecule has 0 amide bonds. The standard InChI is InChI=1S/C54H68F6O6/c1-5-47(65-49(61)51(63-3,53(55,56)57)45-39-33-31-34-40-45)43-37-29-27-25-23-21-19-17-15-13-11-9-7-8-10-12-14-16-18-20-22-24-26-28-30-38-44-48(6-2)66-50(62)52(64-4,54(58,59)60)46-41-35-32-36-42-46/h1-2,9,11,14,16,31-44,47-48H,7-8,10,12-13,15,17-30H2,3-4H3/b11-9-,16-14-,43-37+,44-38+/t47-,48-,51+,52+/m0/s1. The maximum Gasteiger partial charge on any atom is 0.432 e. The highest BCUT2D eigenvalue weighted by atomic mass is 19.4. The summed E-state index contributed by atoms with van der Waals surface area (Å²) in [5, 5.41) is 0. The van der Waals surface area contributed by atoms with Crippen molar-refractivity contribution in [3.63, 3.8) is 0 Å². The summed E-state index contributed by atoms with van der Waals surface area (Å²) in [5.74, 6) is 1.22. The number of ether oxygens (including phenoxy) is 4. The fourth-order valence-corrected chi connectivity index (χ4v) is 7.33. The van der Waals surface area contributed by atoms with Crippen molar-refractivity contribution >= 4 is 11.9 Å². The lowest BCUT2D eigenvalue weighted by molar-refractivity contribution is -0.277. The Morgan fingerprint density at radius 2 is 0.727 bits per heavy atom. The van der Waals surface area contributed by atoms with Crippen LogP contribution in [0.15, 0.2) is 109 Å². The largest absolute Gasteiger partial charge is 0.442 e. The second kappa shape index (κ2) is 31.8. The molecular formula is C54H68F6O6. The van der Waals surface area contributed by atoms with Gasteiger partial charge in [0, 0.05) is 25.3 Å². The molecule has 0 aliphatic rings. The molecule has 2 aromatic carbocycles. The first-order valence-corrected chi connectivity index (χ1v) is 23.1. The van der Waals surface area contributed by atoms with Crippen LogP contribution in [-0.4, -0.2) is 50.7 Å². The Kier molecular flexibility index (Phi) is 27.5. The van der Waals surface area contributed by atoms with Crippen molar-refractivity contribution in [3.05, 3.63) is 120 Å². The Bertz CT molecular complexity index is 1860. The number of halogens is 6. The monoisotopic (exact) mass is 926 g/mol. The molecule has 0 spiro atoms. The SMILES string of the molecule is C#C[C@@H](/C=C/CCCCCCC/C=C\CCCC/C=C\CCCCCCCCC/C=C/[C@H](C#C)OC(=O)[C@](OC)(c1ccccc1)C(F)(F)F)OC(=O)[C@](OC)(c1ccccc1)C(F)(F)F. The third-order valence-electron chi connectivity index (χ3n) is 11.1. The number of methoxy groups -OCH3 is 2. The van der Waals surface area contributed by atoms with Crippen LogP contribution in [0.25, 0.3) is 0 Å². The van der Waals surface area contributed by atoms with E-state index in [0.717, 1.165) is 128 Å². The van der Waals surface area contributed by atoms with Gasteiger partial charge in [0.1, 0.15) is 0 Å². The second-order valence-corrected chi connectivity index (χ2v) is 16.0. The van der Waals surface area contributed by atoms with Crippen LogP contribution >= 0.6 is 0 Å². The molecule has 0 aromatic heterocycles. The summed E-state index contributed by atoms with van der Waals surface area (Å²) >= 11 is 0. The minimum Gasteiger partial charge on any atom is -0.442 e. The van der Waals surface area contributed by atoms with Crippen LogP contribution in [0.5, 0.6) is 0 Å². The summed E-state index contributed by atoms with van der Waals surface area (Å²) in [7, 11) is 1.63. The number of carbonyl (C=O) groups is 2. The number of hydrogen-bond donors (Lipinski definition) is 0.